The van der Waals surface area contributed by atoms with Crippen LogP contribution in [-0.4, -0.2) is 39.4 Å². The fourth-order valence-corrected chi connectivity index (χ4v) is 6.31. The van der Waals surface area contributed by atoms with Gasteiger partial charge in [-0.1, -0.05) is 34.2 Å². The zero-order valence-electron chi connectivity index (χ0n) is 17.1. The molecule has 12 heteroatoms. The first-order chi connectivity index (χ1) is 15.0. The topological polar surface area (TPSA) is 109 Å². The number of rotatable bonds is 7. The van der Waals surface area contributed by atoms with Gasteiger partial charge in [-0.05, 0) is 37.6 Å². The number of benzene rings is 1. The van der Waals surface area contributed by atoms with Crippen LogP contribution in [-0.2, 0) is 24.8 Å². The number of hydrogen-bond donors (Lipinski definition) is 0. The van der Waals surface area contributed by atoms with Crippen LogP contribution in [0.1, 0.15) is 18.9 Å². The Balaban J connectivity index is 2.03. The van der Waals surface area contributed by atoms with Crippen molar-refractivity contribution in [3.05, 3.63) is 70.8 Å². The quantitative estimate of drug-likeness (QED) is 0.494. The van der Waals surface area contributed by atoms with Gasteiger partial charge in [0.1, 0.15) is 22.2 Å². The summed E-state index contributed by atoms with van der Waals surface area (Å²) in [6.07, 6.45) is 7.17. The van der Waals surface area contributed by atoms with Crippen LogP contribution in [0, 0.1) is 17.1 Å². The van der Waals surface area contributed by atoms with Crippen molar-refractivity contribution in [1.29, 1.82) is 5.26 Å². The van der Waals surface area contributed by atoms with E-state index in [0.29, 0.717) is 4.31 Å². The maximum Gasteiger partial charge on any atom is 0.267 e. The van der Waals surface area contributed by atoms with Crippen molar-refractivity contribution in [2.75, 3.05) is 18.1 Å². The van der Waals surface area contributed by atoms with Gasteiger partial charge in [-0.3, -0.25) is 3.97 Å². The molecule has 0 saturated heterocycles. The molecule has 1 aliphatic rings. The molecule has 1 aliphatic carbocycles. The highest BCUT2D eigenvalue weighted by atomic mass is 79.9. The normalized spacial score (nSPS) is 18.8. The monoisotopic (exact) mass is 543 g/mol. The third-order valence-electron chi connectivity index (χ3n) is 4.98. The van der Waals surface area contributed by atoms with E-state index in [0.717, 1.165) is 39.0 Å². The highest BCUT2D eigenvalue weighted by Crippen LogP contribution is 2.33. The third-order valence-corrected chi connectivity index (χ3v) is 9.56. The van der Waals surface area contributed by atoms with E-state index in [9.17, 15) is 21.2 Å². The average molecular weight is 544 g/mol. The summed E-state index contributed by atoms with van der Waals surface area (Å²) in [5.74, 6) is -0.936. The molecule has 170 valence electrons. The highest BCUT2D eigenvalue weighted by molar-refractivity contribution is 9.11. The van der Waals surface area contributed by atoms with Crippen molar-refractivity contribution in [3.63, 3.8) is 0 Å². The zero-order valence-corrected chi connectivity index (χ0v) is 20.3. The van der Waals surface area contributed by atoms with E-state index in [1.165, 1.54) is 26.2 Å². The van der Waals surface area contributed by atoms with Crippen LogP contribution in [0.25, 0.3) is 0 Å². The lowest BCUT2D eigenvalue weighted by molar-refractivity contribution is 0.209. The molecule has 0 fully saturated rings. The van der Waals surface area contributed by atoms with Crippen molar-refractivity contribution in [2.45, 2.75) is 23.0 Å². The van der Waals surface area contributed by atoms with E-state index >= 15 is 0 Å². The Hall–Kier alpha value is -2.46. The van der Waals surface area contributed by atoms with Crippen molar-refractivity contribution in [1.82, 2.24) is 3.97 Å². The standard InChI is InChI=1S/C20H19BrFN3O5S2/c1-20(8-5-16(21)6-9-20)32(28,29)24-10-7-17(13-24)31(26,27)25(14-30-2)19-4-3-15(12-23)11-18(19)22/h3-8,10-11,13H,9,14H2,1-2H3. The Labute approximate surface area is 194 Å². The van der Waals surface area contributed by atoms with Crippen molar-refractivity contribution < 1.29 is 26.0 Å². The first-order valence-corrected chi connectivity index (χ1v) is 12.8. The minimum atomic E-state index is -4.39. The maximum absolute atomic E-state index is 14.5. The molecule has 0 N–H and O–H groups in total. The number of ether oxygens (including phenoxy) is 1. The molecule has 32 heavy (non-hydrogen) atoms. The summed E-state index contributed by atoms with van der Waals surface area (Å²) in [5.41, 5.74) is -0.314. The summed E-state index contributed by atoms with van der Waals surface area (Å²) in [7, 11) is -7.16. The number of hydrogen-bond acceptors (Lipinski definition) is 6. The number of nitrogens with zero attached hydrogens (tertiary/aromatic N) is 3. The van der Waals surface area contributed by atoms with Crippen LogP contribution in [0.4, 0.5) is 10.1 Å². The molecular formula is C20H19BrFN3O5S2. The molecule has 0 bridgehead atoms. The largest absolute Gasteiger partial charge is 0.363 e. The molecule has 0 radical (unpaired) electrons. The van der Waals surface area contributed by atoms with Gasteiger partial charge in [0.25, 0.3) is 10.0 Å². The number of anilines is 1. The van der Waals surface area contributed by atoms with Gasteiger partial charge in [0, 0.05) is 24.0 Å². The van der Waals surface area contributed by atoms with Crippen LogP contribution < -0.4 is 4.31 Å². The Kier molecular flexibility index (Phi) is 6.67. The summed E-state index contributed by atoms with van der Waals surface area (Å²) in [5, 5.41) is 8.91. The molecule has 1 aromatic heterocycles. The van der Waals surface area contributed by atoms with E-state index in [4.69, 9.17) is 10.00 Å². The van der Waals surface area contributed by atoms with Crippen molar-refractivity contribution in [3.8, 4) is 6.07 Å². The Morgan fingerprint density at radius 3 is 2.59 bits per heavy atom. The van der Waals surface area contributed by atoms with E-state index in [1.807, 2.05) is 0 Å². The van der Waals surface area contributed by atoms with Crippen molar-refractivity contribution >= 4 is 41.7 Å². The van der Waals surface area contributed by atoms with Gasteiger partial charge >= 0.3 is 0 Å². The van der Waals surface area contributed by atoms with Crippen LogP contribution in [0.2, 0.25) is 0 Å². The Morgan fingerprint density at radius 1 is 1.31 bits per heavy atom. The van der Waals surface area contributed by atoms with E-state index in [2.05, 4.69) is 15.9 Å². The molecular weight excluding hydrogens is 525 g/mol. The number of methoxy groups -OCH3 is 1. The van der Waals surface area contributed by atoms with E-state index in [1.54, 1.807) is 18.2 Å². The van der Waals surface area contributed by atoms with E-state index < -0.39 is 37.3 Å². The molecule has 3 rings (SSSR count). The predicted molar refractivity (Wildman–Crippen MR) is 121 cm³/mol. The van der Waals surface area contributed by atoms with Crippen molar-refractivity contribution in [2.24, 2.45) is 0 Å². The zero-order chi connectivity index (χ0) is 23.7. The second-order valence-corrected chi connectivity index (χ2v) is 12.3. The molecule has 2 aromatic rings. The molecule has 0 aliphatic heterocycles. The summed E-state index contributed by atoms with van der Waals surface area (Å²) < 4.78 is 73.3. The molecule has 8 nitrogen and oxygen atoms in total. The molecule has 0 spiro atoms. The third kappa shape index (κ3) is 4.25. The molecule has 0 saturated carbocycles. The highest BCUT2D eigenvalue weighted by Gasteiger charge is 2.39. The second kappa shape index (κ2) is 8.82. The first-order valence-electron chi connectivity index (χ1n) is 9.15. The van der Waals surface area contributed by atoms with Gasteiger partial charge in [0.2, 0.25) is 10.0 Å². The molecule has 1 atom stereocenters. The SMILES string of the molecule is COCN(c1ccc(C#N)cc1F)S(=O)(=O)c1ccn(S(=O)(=O)C2(C)C=CC(Br)=CC2)c1. The number of nitriles is 1. The summed E-state index contributed by atoms with van der Waals surface area (Å²) in [4.78, 5) is -0.359. The second-order valence-electron chi connectivity index (χ2n) is 7.17. The molecule has 1 heterocycles. The fourth-order valence-electron chi connectivity index (χ4n) is 3.08. The smallest absolute Gasteiger partial charge is 0.267 e. The maximum atomic E-state index is 14.5. The lowest BCUT2D eigenvalue weighted by atomic mass is 10.0. The number of halogens is 2. The number of aromatic nitrogens is 1. The molecule has 1 unspecified atom stereocenters. The van der Waals surface area contributed by atoms with Crippen LogP contribution in [0.15, 0.2) is 64.3 Å². The number of allylic oxidation sites excluding steroid dienone is 3. The predicted octanol–water partition coefficient (Wildman–Crippen LogP) is 3.47. The van der Waals surface area contributed by atoms with Gasteiger partial charge in [0.15, 0.2) is 0 Å². The minimum Gasteiger partial charge on any atom is -0.363 e. The number of sulfonamides is 1. The van der Waals surface area contributed by atoms with Crippen LogP contribution in [0.3, 0.4) is 0 Å². The lowest BCUT2D eigenvalue weighted by Crippen LogP contribution is -2.38. The van der Waals surface area contributed by atoms with Gasteiger partial charge in [-0.25, -0.2) is 25.5 Å². The van der Waals surface area contributed by atoms with E-state index in [-0.39, 0.29) is 22.6 Å². The summed E-state index contributed by atoms with van der Waals surface area (Å²) >= 11 is 3.29. The van der Waals surface area contributed by atoms with Gasteiger partial charge in [-0.15, -0.1) is 0 Å². The summed E-state index contributed by atoms with van der Waals surface area (Å²) in [6.45, 7) is 1.01. The molecule has 1 aromatic carbocycles. The van der Waals surface area contributed by atoms with Gasteiger partial charge in [0.05, 0.1) is 17.3 Å². The summed E-state index contributed by atoms with van der Waals surface area (Å²) in [6, 6.07) is 6.22. The first kappa shape index (κ1) is 24.2. The lowest BCUT2D eigenvalue weighted by Gasteiger charge is -2.27. The minimum absolute atomic E-state index is 0.0210. The fraction of sp³-hybridized carbons (Fsp3) is 0.250. The van der Waals surface area contributed by atoms with Crippen LogP contribution >= 0.6 is 15.9 Å². The Bertz CT molecular complexity index is 1360. The Morgan fingerprint density at radius 2 is 2.03 bits per heavy atom. The average Bonchev–Trinajstić information content (AvgIpc) is 3.26. The molecule has 0 amide bonds. The van der Waals surface area contributed by atoms with Crippen LogP contribution in [0.5, 0.6) is 0 Å². The van der Waals surface area contributed by atoms with Gasteiger partial charge < -0.3 is 4.74 Å². The van der Waals surface area contributed by atoms with Gasteiger partial charge in [-0.2, -0.15) is 5.26 Å².